The predicted molar refractivity (Wildman–Crippen MR) is 159 cm³/mol. The van der Waals surface area contributed by atoms with E-state index in [0.29, 0.717) is 32.2 Å². The number of carboxylic acid groups (broad SMARTS) is 1. The van der Waals surface area contributed by atoms with Gasteiger partial charge >= 0.3 is 5.97 Å². The molecule has 1 aliphatic carbocycles. The summed E-state index contributed by atoms with van der Waals surface area (Å²) < 4.78 is 0. The van der Waals surface area contributed by atoms with Gasteiger partial charge in [0.05, 0.1) is 0 Å². The van der Waals surface area contributed by atoms with Crippen LogP contribution in [0.5, 0.6) is 0 Å². The molecule has 7 N–H and O–H groups in total. The molecular formula is C32H40N4O5. The van der Waals surface area contributed by atoms with Crippen molar-refractivity contribution in [1.82, 2.24) is 10.6 Å². The fourth-order valence-electron chi connectivity index (χ4n) is 4.66. The molecular weight excluding hydrogens is 520 g/mol. The Kier molecular flexibility index (Phi) is 12.3. The third-order valence-corrected chi connectivity index (χ3v) is 7.05. The molecule has 0 radical (unpaired) electrons. The molecule has 2 unspecified atom stereocenters. The predicted octanol–water partition coefficient (Wildman–Crippen LogP) is 3.47. The number of carbonyl (C=O) groups excluding carboxylic acids is 3. The van der Waals surface area contributed by atoms with Crippen LogP contribution in [0.4, 0.5) is 0 Å². The van der Waals surface area contributed by atoms with E-state index in [1.54, 1.807) is 0 Å². The average Bonchev–Trinajstić information content (AvgIpc) is 2.98. The van der Waals surface area contributed by atoms with Crippen LogP contribution < -0.4 is 22.1 Å². The first-order valence-corrected chi connectivity index (χ1v) is 14.1. The van der Waals surface area contributed by atoms with Gasteiger partial charge in [0.25, 0.3) is 0 Å². The molecule has 1 aliphatic rings. The molecule has 2 aromatic rings. The van der Waals surface area contributed by atoms with Crippen molar-refractivity contribution in [2.75, 3.05) is 6.54 Å². The van der Waals surface area contributed by atoms with Gasteiger partial charge < -0.3 is 27.2 Å². The highest BCUT2D eigenvalue weighted by atomic mass is 16.4. The van der Waals surface area contributed by atoms with E-state index in [4.69, 9.17) is 16.6 Å². The van der Waals surface area contributed by atoms with Gasteiger partial charge in [-0.3, -0.25) is 19.2 Å². The molecule has 0 saturated carbocycles. The van der Waals surface area contributed by atoms with Crippen LogP contribution in [0, 0.1) is 0 Å². The van der Waals surface area contributed by atoms with E-state index >= 15 is 0 Å². The third-order valence-electron chi connectivity index (χ3n) is 7.05. The lowest BCUT2D eigenvalue weighted by Crippen LogP contribution is -2.53. The number of hydrogen-bond acceptors (Lipinski definition) is 5. The van der Waals surface area contributed by atoms with Crippen LogP contribution >= 0.6 is 0 Å². The second-order valence-electron chi connectivity index (χ2n) is 10.2. The van der Waals surface area contributed by atoms with Crippen molar-refractivity contribution in [3.8, 4) is 11.1 Å². The molecule has 0 spiro atoms. The molecule has 0 heterocycles. The number of aliphatic carboxylic acids is 1. The Labute approximate surface area is 241 Å². The summed E-state index contributed by atoms with van der Waals surface area (Å²) in [4.78, 5) is 48.2. The number of nitrogens with two attached hydrogens (primary N) is 2. The molecule has 0 aliphatic heterocycles. The molecule has 41 heavy (non-hydrogen) atoms. The van der Waals surface area contributed by atoms with E-state index in [0.717, 1.165) is 29.5 Å². The zero-order valence-electron chi connectivity index (χ0n) is 23.3. The van der Waals surface area contributed by atoms with Crippen molar-refractivity contribution in [1.29, 1.82) is 0 Å². The topological polar surface area (TPSA) is 165 Å². The Morgan fingerprint density at radius 3 is 2.05 bits per heavy atom. The molecule has 0 aromatic heterocycles. The third kappa shape index (κ3) is 10.3. The van der Waals surface area contributed by atoms with E-state index in [1.807, 2.05) is 24.3 Å². The van der Waals surface area contributed by atoms with Gasteiger partial charge in [-0.05, 0) is 79.3 Å². The maximum Gasteiger partial charge on any atom is 0.303 e. The van der Waals surface area contributed by atoms with Gasteiger partial charge in [-0.2, -0.15) is 0 Å². The van der Waals surface area contributed by atoms with Crippen molar-refractivity contribution in [3.63, 3.8) is 0 Å². The lowest BCUT2D eigenvalue weighted by atomic mass is 9.96. The molecule has 2 aromatic carbocycles. The van der Waals surface area contributed by atoms with Gasteiger partial charge in [-0.15, -0.1) is 0 Å². The van der Waals surface area contributed by atoms with Crippen molar-refractivity contribution in [2.45, 2.75) is 69.9 Å². The molecule has 2 atom stereocenters. The van der Waals surface area contributed by atoms with Gasteiger partial charge in [0, 0.05) is 12.8 Å². The zero-order valence-corrected chi connectivity index (χ0v) is 23.3. The maximum atomic E-state index is 12.9. The van der Waals surface area contributed by atoms with Gasteiger partial charge in [0.1, 0.15) is 12.1 Å². The van der Waals surface area contributed by atoms with E-state index in [-0.39, 0.29) is 25.2 Å². The molecule has 9 nitrogen and oxygen atoms in total. The van der Waals surface area contributed by atoms with Crippen molar-refractivity contribution in [2.24, 2.45) is 11.5 Å². The number of allylic oxidation sites excluding steroid dienone is 4. The van der Waals surface area contributed by atoms with Crippen LogP contribution in [-0.2, 0) is 25.6 Å². The van der Waals surface area contributed by atoms with E-state index in [9.17, 15) is 19.2 Å². The van der Waals surface area contributed by atoms with Gasteiger partial charge in [0.15, 0.2) is 0 Å². The summed E-state index contributed by atoms with van der Waals surface area (Å²) in [7, 11) is 0. The van der Waals surface area contributed by atoms with Crippen LogP contribution in [-0.4, -0.2) is 47.4 Å². The molecule has 0 fully saturated rings. The summed E-state index contributed by atoms with van der Waals surface area (Å²) in [5, 5.41) is 14.1. The van der Waals surface area contributed by atoms with Crippen LogP contribution in [0.3, 0.4) is 0 Å². The standard InChI is InChI=1S/C32H40N4O5/c33-21-5-4-8-28(32(41)36-27(31(34)40)18-20-30(38)39)35-29(37)19-11-22-9-12-24(13-10-22)26-16-14-25(15-17-26)23-6-2-1-3-7-23/h2,6-7,9-10,12-17,27-28H,1,3-5,8,11,18-21,33H2,(H2,34,40)(H,35,37)(H,36,41)(H,38,39). The number of carbonyl (C=O) groups is 4. The number of carboxylic acids is 1. The minimum absolute atomic E-state index is 0.130. The number of unbranched alkanes of at least 4 members (excludes halogenated alkanes) is 1. The second-order valence-corrected chi connectivity index (χ2v) is 10.2. The second kappa shape index (κ2) is 16.1. The van der Waals surface area contributed by atoms with E-state index < -0.39 is 29.9 Å². The SMILES string of the molecule is NCCCCC(NC(=O)CCc1ccc(-c2ccc(C3=CCCC=C3)cc2)cc1)C(=O)NC(CCC(=O)O)C(N)=O. The Morgan fingerprint density at radius 1 is 0.805 bits per heavy atom. The summed E-state index contributed by atoms with van der Waals surface area (Å²) in [6, 6.07) is 14.5. The van der Waals surface area contributed by atoms with Crippen molar-refractivity contribution >= 4 is 29.3 Å². The van der Waals surface area contributed by atoms with Gasteiger partial charge in [-0.1, -0.05) is 66.8 Å². The highest BCUT2D eigenvalue weighted by Gasteiger charge is 2.25. The number of benzene rings is 2. The monoisotopic (exact) mass is 560 g/mol. The Balaban J connectivity index is 1.55. The minimum Gasteiger partial charge on any atom is -0.481 e. The molecule has 9 heteroatoms. The van der Waals surface area contributed by atoms with Crippen molar-refractivity contribution in [3.05, 3.63) is 77.9 Å². The number of primary amides is 1. The highest BCUT2D eigenvalue weighted by molar-refractivity contribution is 5.91. The maximum absolute atomic E-state index is 12.9. The molecule has 3 amide bonds. The Bertz CT molecular complexity index is 1250. The smallest absolute Gasteiger partial charge is 0.303 e. The zero-order chi connectivity index (χ0) is 29.6. The molecule has 0 saturated heterocycles. The lowest BCUT2D eigenvalue weighted by Gasteiger charge is -2.22. The molecule has 218 valence electrons. The van der Waals surface area contributed by atoms with Crippen LogP contribution in [0.1, 0.15) is 62.5 Å². The normalized spacial score (nSPS) is 14.0. The molecule has 3 rings (SSSR count). The van der Waals surface area contributed by atoms with Crippen LogP contribution in [0.15, 0.2) is 66.8 Å². The number of rotatable bonds is 16. The number of aryl methyl sites for hydroxylation is 1. The fourth-order valence-corrected chi connectivity index (χ4v) is 4.66. The quantitative estimate of drug-likeness (QED) is 0.197. The fraction of sp³-hybridized carbons (Fsp3) is 0.375. The Morgan fingerprint density at radius 2 is 1.46 bits per heavy atom. The summed E-state index contributed by atoms with van der Waals surface area (Å²) in [6.45, 7) is 0.445. The van der Waals surface area contributed by atoms with Crippen LogP contribution in [0.25, 0.3) is 16.7 Å². The van der Waals surface area contributed by atoms with Crippen molar-refractivity contribution < 1.29 is 24.3 Å². The minimum atomic E-state index is -1.14. The van der Waals surface area contributed by atoms with Gasteiger partial charge in [-0.25, -0.2) is 0 Å². The summed E-state index contributed by atoms with van der Waals surface area (Å²) >= 11 is 0. The lowest BCUT2D eigenvalue weighted by molar-refractivity contribution is -0.137. The summed E-state index contributed by atoms with van der Waals surface area (Å²) in [5.74, 6) is -2.81. The Hall–Kier alpha value is -4.24. The largest absolute Gasteiger partial charge is 0.481 e. The van der Waals surface area contributed by atoms with E-state index in [1.165, 1.54) is 11.1 Å². The van der Waals surface area contributed by atoms with Gasteiger partial charge in [0.2, 0.25) is 17.7 Å². The molecule has 0 bridgehead atoms. The summed E-state index contributed by atoms with van der Waals surface area (Å²) in [6.07, 6.45) is 10.6. The first kappa shape index (κ1) is 31.3. The highest BCUT2D eigenvalue weighted by Crippen LogP contribution is 2.26. The van der Waals surface area contributed by atoms with E-state index in [2.05, 4.69) is 53.1 Å². The first-order valence-electron chi connectivity index (χ1n) is 14.1. The number of amides is 3. The van der Waals surface area contributed by atoms with Crippen LogP contribution in [0.2, 0.25) is 0 Å². The first-order chi connectivity index (χ1) is 19.8. The number of hydrogen-bond donors (Lipinski definition) is 5. The number of nitrogens with one attached hydrogen (secondary N) is 2. The average molecular weight is 561 g/mol. The summed E-state index contributed by atoms with van der Waals surface area (Å²) in [5.41, 5.74) is 16.5.